The average molecular weight is 495 g/mol. The molecule has 0 unspecified atom stereocenters. The first-order chi connectivity index (χ1) is 16.8. The number of rotatable bonds is 2. The smallest absolute Gasteiger partial charge is 0.135 e. The molecule has 4 rings (SSSR count). The maximum atomic E-state index is 6.93. The Balaban J connectivity index is 1.97. The lowest BCUT2D eigenvalue weighted by atomic mass is 9.82. The van der Waals surface area contributed by atoms with Crippen molar-refractivity contribution >= 4 is 21.5 Å². The van der Waals surface area contributed by atoms with Crippen LogP contribution in [0.15, 0.2) is 60.7 Å². The second-order valence-electron chi connectivity index (χ2n) is 14.9. The molecule has 0 aliphatic carbocycles. The molecule has 0 saturated heterocycles. The van der Waals surface area contributed by atoms with Crippen LogP contribution in [0.1, 0.15) is 105 Å². The van der Waals surface area contributed by atoms with Crippen LogP contribution in [-0.4, -0.2) is 0 Å². The van der Waals surface area contributed by atoms with Gasteiger partial charge in [0.05, 0.1) is 0 Å². The molecule has 1 heteroatoms. The Morgan fingerprint density at radius 2 is 0.676 bits per heavy atom. The molecule has 0 N–H and O–H groups in total. The maximum Gasteiger partial charge on any atom is 0.135 e. The number of ether oxygens (including phenoxy) is 1. The van der Waals surface area contributed by atoms with Crippen LogP contribution >= 0.6 is 0 Å². The number of fused-ring (bicyclic) bond motifs is 2. The van der Waals surface area contributed by atoms with Crippen LogP contribution < -0.4 is 4.74 Å². The van der Waals surface area contributed by atoms with Crippen LogP contribution in [-0.2, 0) is 21.7 Å². The second-order valence-corrected chi connectivity index (χ2v) is 14.9. The van der Waals surface area contributed by atoms with Gasteiger partial charge in [0.1, 0.15) is 11.5 Å². The van der Waals surface area contributed by atoms with Crippen LogP contribution in [0.3, 0.4) is 0 Å². The lowest BCUT2D eigenvalue weighted by molar-refractivity contribution is 0.486. The van der Waals surface area contributed by atoms with Crippen molar-refractivity contribution in [2.75, 3.05) is 0 Å². The molecule has 0 aliphatic heterocycles. The predicted molar refractivity (Wildman–Crippen MR) is 163 cm³/mol. The van der Waals surface area contributed by atoms with Crippen LogP contribution in [0.25, 0.3) is 21.5 Å². The van der Waals surface area contributed by atoms with E-state index in [2.05, 4.69) is 144 Å². The van der Waals surface area contributed by atoms with E-state index in [4.69, 9.17) is 4.74 Å². The Labute approximate surface area is 225 Å². The van der Waals surface area contributed by atoms with Crippen LogP contribution in [0.4, 0.5) is 0 Å². The molecule has 4 aromatic rings. The van der Waals surface area contributed by atoms with Crippen LogP contribution in [0.5, 0.6) is 11.5 Å². The van der Waals surface area contributed by atoms with Crippen molar-refractivity contribution in [3.05, 3.63) is 82.9 Å². The predicted octanol–water partition coefficient (Wildman–Crippen LogP) is 11.0. The summed E-state index contributed by atoms with van der Waals surface area (Å²) >= 11 is 0. The molecule has 0 spiro atoms. The third-order valence-electron chi connectivity index (χ3n) is 7.51. The molecule has 0 bridgehead atoms. The topological polar surface area (TPSA) is 9.23 Å². The van der Waals surface area contributed by atoms with Crippen molar-refractivity contribution in [2.45, 2.75) is 105 Å². The fourth-order valence-electron chi connectivity index (χ4n) is 4.76. The van der Waals surface area contributed by atoms with Gasteiger partial charge >= 0.3 is 0 Å². The van der Waals surface area contributed by atoms with Gasteiger partial charge in [0.25, 0.3) is 0 Å². The fraction of sp³-hybridized carbons (Fsp3) is 0.444. The van der Waals surface area contributed by atoms with E-state index in [9.17, 15) is 0 Å². The fourth-order valence-corrected chi connectivity index (χ4v) is 4.76. The van der Waals surface area contributed by atoms with Crippen molar-refractivity contribution < 1.29 is 4.74 Å². The summed E-state index contributed by atoms with van der Waals surface area (Å²) in [5, 5.41) is 4.78. The van der Waals surface area contributed by atoms with Gasteiger partial charge < -0.3 is 4.74 Å². The standard InChI is InChI=1S/C36H46O/c1-33(2,3)25-13-15-29-23(17-25)19-27(35(7,8)9)21-31(29)37-32-22-28(36(10,11)12)20-24-18-26(34(4,5)6)14-16-30(24)32/h13-22H,1-12H3. The summed E-state index contributed by atoms with van der Waals surface area (Å²) in [6.07, 6.45) is 0. The van der Waals surface area contributed by atoms with Crippen LogP contribution in [0, 0.1) is 0 Å². The molecular weight excluding hydrogens is 448 g/mol. The van der Waals surface area contributed by atoms with Gasteiger partial charge in [-0.15, -0.1) is 0 Å². The summed E-state index contributed by atoms with van der Waals surface area (Å²) in [5.74, 6) is 1.85. The zero-order valence-electron chi connectivity index (χ0n) is 25.2. The number of benzene rings is 4. The molecule has 0 fully saturated rings. The molecule has 0 aliphatic rings. The largest absolute Gasteiger partial charge is 0.456 e. The van der Waals surface area contributed by atoms with Crippen LogP contribution in [0.2, 0.25) is 0 Å². The van der Waals surface area contributed by atoms with Crippen molar-refractivity contribution in [1.82, 2.24) is 0 Å². The molecule has 0 radical (unpaired) electrons. The minimum absolute atomic E-state index is 0.0149. The highest BCUT2D eigenvalue weighted by Crippen LogP contribution is 2.41. The second kappa shape index (κ2) is 8.90. The Hall–Kier alpha value is -2.80. The lowest BCUT2D eigenvalue weighted by Crippen LogP contribution is -2.13. The molecule has 4 aromatic carbocycles. The SMILES string of the molecule is CC(C)(C)c1ccc2c(Oc3cc(C(C)(C)C)cc4cc(C(C)(C)C)ccc34)cc(C(C)(C)C)cc2c1. The highest BCUT2D eigenvalue weighted by molar-refractivity contribution is 5.93. The van der Waals surface area contributed by atoms with E-state index < -0.39 is 0 Å². The van der Waals surface area contributed by atoms with Crippen molar-refractivity contribution in [3.8, 4) is 11.5 Å². The maximum absolute atomic E-state index is 6.93. The quantitative estimate of drug-likeness (QED) is 0.269. The van der Waals surface area contributed by atoms with Crippen molar-refractivity contribution in [2.24, 2.45) is 0 Å². The highest BCUT2D eigenvalue weighted by atomic mass is 16.5. The molecular formula is C36H46O. The minimum atomic E-state index is 0.0149. The van der Waals surface area contributed by atoms with E-state index in [1.165, 1.54) is 33.0 Å². The highest BCUT2D eigenvalue weighted by Gasteiger charge is 2.22. The average Bonchev–Trinajstić information content (AvgIpc) is 2.75. The first-order valence-corrected chi connectivity index (χ1v) is 13.7. The molecule has 0 saturated carbocycles. The normalized spacial score (nSPS) is 13.4. The third kappa shape index (κ3) is 5.71. The third-order valence-corrected chi connectivity index (χ3v) is 7.51. The number of hydrogen-bond donors (Lipinski definition) is 0. The van der Waals surface area contributed by atoms with Gasteiger partial charge in [-0.05, 0) is 66.8 Å². The summed E-state index contributed by atoms with van der Waals surface area (Å²) in [7, 11) is 0. The molecule has 0 amide bonds. The molecule has 0 heterocycles. The monoisotopic (exact) mass is 494 g/mol. The van der Waals surface area contributed by atoms with Gasteiger partial charge in [0, 0.05) is 10.8 Å². The minimum Gasteiger partial charge on any atom is -0.456 e. The van der Waals surface area contributed by atoms with E-state index in [0.29, 0.717) is 0 Å². The van der Waals surface area contributed by atoms with Crippen molar-refractivity contribution in [1.29, 1.82) is 0 Å². The summed E-state index contributed by atoms with van der Waals surface area (Å²) in [5.41, 5.74) is 5.46. The zero-order chi connectivity index (χ0) is 27.6. The van der Waals surface area contributed by atoms with E-state index in [0.717, 1.165) is 22.3 Å². The van der Waals surface area contributed by atoms with E-state index in [1.54, 1.807) is 0 Å². The first kappa shape index (κ1) is 27.2. The molecule has 1 nitrogen and oxygen atoms in total. The van der Waals surface area contributed by atoms with Gasteiger partial charge in [-0.3, -0.25) is 0 Å². The molecule has 0 atom stereocenters. The van der Waals surface area contributed by atoms with E-state index in [1.807, 2.05) is 0 Å². The summed E-state index contributed by atoms with van der Waals surface area (Å²) in [6.45, 7) is 27.3. The van der Waals surface area contributed by atoms with Crippen molar-refractivity contribution in [3.63, 3.8) is 0 Å². The Bertz CT molecular complexity index is 1330. The Kier molecular flexibility index (Phi) is 6.55. The van der Waals surface area contributed by atoms with Gasteiger partial charge in [0.2, 0.25) is 0 Å². The molecule has 37 heavy (non-hydrogen) atoms. The lowest BCUT2D eigenvalue weighted by Gasteiger charge is -2.25. The molecule has 0 aromatic heterocycles. The summed E-state index contributed by atoms with van der Waals surface area (Å²) < 4.78 is 6.93. The van der Waals surface area contributed by atoms with Gasteiger partial charge in [0.15, 0.2) is 0 Å². The Morgan fingerprint density at radius 3 is 0.973 bits per heavy atom. The van der Waals surface area contributed by atoms with Gasteiger partial charge in [-0.25, -0.2) is 0 Å². The summed E-state index contributed by atoms with van der Waals surface area (Å²) in [6, 6.07) is 22.9. The Morgan fingerprint density at radius 1 is 0.378 bits per heavy atom. The number of hydrogen-bond acceptors (Lipinski definition) is 1. The van der Waals surface area contributed by atoms with E-state index in [-0.39, 0.29) is 21.7 Å². The summed E-state index contributed by atoms with van der Waals surface area (Å²) in [4.78, 5) is 0. The zero-order valence-corrected chi connectivity index (χ0v) is 25.2. The van der Waals surface area contributed by atoms with E-state index >= 15 is 0 Å². The van der Waals surface area contributed by atoms with Gasteiger partial charge in [-0.1, -0.05) is 132 Å². The molecule has 196 valence electrons. The first-order valence-electron chi connectivity index (χ1n) is 13.7. The van der Waals surface area contributed by atoms with Gasteiger partial charge in [-0.2, -0.15) is 0 Å².